The first-order chi connectivity index (χ1) is 10.7. The summed E-state index contributed by atoms with van der Waals surface area (Å²) >= 11 is 9.53. The van der Waals surface area contributed by atoms with E-state index in [9.17, 15) is 4.79 Å². The topological polar surface area (TPSA) is 54.0 Å². The summed E-state index contributed by atoms with van der Waals surface area (Å²) in [5, 5.41) is 8.10. The lowest BCUT2D eigenvalue weighted by atomic mass is 10.2. The van der Waals surface area contributed by atoms with Crippen molar-refractivity contribution in [2.24, 2.45) is 0 Å². The number of hydrogen-bond acceptors (Lipinski definition) is 5. The fourth-order valence-corrected chi connectivity index (χ4v) is 4.47. The van der Waals surface area contributed by atoms with E-state index in [1.54, 1.807) is 11.3 Å². The third-order valence-electron chi connectivity index (χ3n) is 3.49. The first-order valence-corrected chi connectivity index (χ1v) is 9.68. The van der Waals surface area contributed by atoms with Crippen LogP contribution in [0.15, 0.2) is 18.2 Å². The number of benzene rings is 1. The van der Waals surface area contributed by atoms with E-state index in [0.717, 1.165) is 39.7 Å². The molecule has 1 aliphatic rings. The van der Waals surface area contributed by atoms with Gasteiger partial charge in [-0.2, -0.15) is 11.8 Å². The molecule has 0 aliphatic carbocycles. The molecule has 1 saturated heterocycles. The summed E-state index contributed by atoms with van der Waals surface area (Å²) in [6.07, 6.45) is 1.32. The van der Waals surface area contributed by atoms with Crippen LogP contribution >= 0.6 is 34.7 Å². The van der Waals surface area contributed by atoms with Crippen molar-refractivity contribution in [1.82, 2.24) is 15.6 Å². The van der Waals surface area contributed by atoms with E-state index in [1.165, 1.54) is 0 Å². The van der Waals surface area contributed by atoms with Crippen LogP contribution in [-0.2, 0) is 11.2 Å². The third kappa shape index (κ3) is 4.35. The molecule has 2 heterocycles. The highest BCUT2D eigenvalue weighted by molar-refractivity contribution is 7.99. The molecule has 1 aromatic carbocycles. The molecule has 1 atom stereocenters. The molecule has 2 aromatic rings. The molecule has 0 spiro atoms. The van der Waals surface area contributed by atoms with E-state index in [1.807, 2.05) is 30.0 Å². The molecule has 1 fully saturated rings. The summed E-state index contributed by atoms with van der Waals surface area (Å²) in [6, 6.07) is 6.05. The molecule has 4 nitrogen and oxygen atoms in total. The largest absolute Gasteiger partial charge is 0.356 e. The second kappa shape index (κ2) is 7.64. The molecular formula is C15H18ClN3OS2. The standard InChI is InChI=1S/C15H18ClN3OS2/c16-10-1-2-13-12(7-10)19-15(22-13)3-4-18-14(20)8-11-9-21-6-5-17-11/h1-2,7,11,17H,3-6,8-9H2,(H,18,20). The summed E-state index contributed by atoms with van der Waals surface area (Å²) in [7, 11) is 0. The van der Waals surface area contributed by atoms with Gasteiger partial charge in [0.25, 0.3) is 0 Å². The minimum atomic E-state index is 0.115. The van der Waals surface area contributed by atoms with Crippen LogP contribution in [0.3, 0.4) is 0 Å². The van der Waals surface area contributed by atoms with Gasteiger partial charge in [-0.15, -0.1) is 11.3 Å². The highest BCUT2D eigenvalue weighted by Gasteiger charge is 2.16. The van der Waals surface area contributed by atoms with Crippen molar-refractivity contribution in [1.29, 1.82) is 0 Å². The first kappa shape index (κ1) is 16.1. The number of aromatic nitrogens is 1. The Morgan fingerprint density at radius 1 is 1.50 bits per heavy atom. The number of amides is 1. The van der Waals surface area contributed by atoms with Gasteiger partial charge in [-0.25, -0.2) is 4.98 Å². The summed E-state index contributed by atoms with van der Waals surface area (Å²) in [5.41, 5.74) is 0.933. The molecule has 118 valence electrons. The minimum absolute atomic E-state index is 0.115. The van der Waals surface area contributed by atoms with Gasteiger partial charge in [0, 0.05) is 48.5 Å². The number of carbonyl (C=O) groups excluding carboxylic acids is 1. The number of nitrogens with one attached hydrogen (secondary N) is 2. The van der Waals surface area contributed by atoms with Gasteiger partial charge in [0.1, 0.15) is 0 Å². The molecule has 0 bridgehead atoms. The smallest absolute Gasteiger partial charge is 0.221 e. The monoisotopic (exact) mass is 355 g/mol. The van der Waals surface area contributed by atoms with E-state index in [2.05, 4.69) is 15.6 Å². The number of nitrogens with zero attached hydrogens (tertiary/aromatic N) is 1. The van der Waals surface area contributed by atoms with E-state index in [4.69, 9.17) is 11.6 Å². The second-order valence-electron chi connectivity index (χ2n) is 5.25. The Hall–Kier alpha value is -0.820. The fraction of sp³-hybridized carbons (Fsp3) is 0.467. The molecule has 1 aromatic heterocycles. The van der Waals surface area contributed by atoms with E-state index in [0.29, 0.717) is 24.0 Å². The van der Waals surface area contributed by atoms with Crippen LogP contribution in [0.25, 0.3) is 10.2 Å². The Bertz CT molecular complexity index is 655. The Morgan fingerprint density at radius 2 is 2.41 bits per heavy atom. The van der Waals surface area contributed by atoms with Crippen LogP contribution in [0.5, 0.6) is 0 Å². The maximum Gasteiger partial charge on any atom is 0.221 e. The maximum atomic E-state index is 11.9. The number of thiazole rings is 1. The fourth-order valence-electron chi connectivity index (χ4n) is 2.41. The maximum absolute atomic E-state index is 11.9. The van der Waals surface area contributed by atoms with Crippen LogP contribution in [0, 0.1) is 0 Å². The van der Waals surface area contributed by atoms with Crippen molar-refractivity contribution in [2.75, 3.05) is 24.6 Å². The van der Waals surface area contributed by atoms with Gasteiger partial charge in [-0.3, -0.25) is 4.79 Å². The molecule has 1 aliphatic heterocycles. The summed E-state index contributed by atoms with van der Waals surface area (Å²) < 4.78 is 1.13. The predicted molar refractivity (Wildman–Crippen MR) is 95.1 cm³/mol. The molecule has 2 N–H and O–H groups in total. The molecular weight excluding hydrogens is 338 g/mol. The van der Waals surface area contributed by atoms with Gasteiger partial charge in [0.15, 0.2) is 0 Å². The normalized spacial score (nSPS) is 18.5. The molecule has 3 rings (SSSR count). The van der Waals surface area contributed by atoms with Crippen molar-refractivity contribution < 1.29 is 4.79 Å². The Morgan fingerprint density at radius 3 is 3.23 bits per heavy atom. The summed E-state index contributed by atoms with van der Waals surface area (Å²) in [4.78, 5) is 16.5. The number of rotatable bonds is 5. The molecule has 1 amide bonds. The van der Waals surface area contributed by atoms with Gasteiger partial charge in [-0.05, 0) is 18.2 Å². The SMILES string of the molecule is O=C(CC1CSCCN1)NCCc1nc2cc(Cl)ccc2s1. The van der Waals surface area contributed by atoms with Crippen LogP contribution in [0.4, 0.5) is 0 Å². The Labute approximate surface area is 143 Å². The van der Waals surface area contributed by atoms with Crippen molar-refractivity contribution in [3.05, 3.63) is 28.2 Å². The quantitative estimate of drug-likeness (QED) is 0.865. The number of halogens is 1. The van der Waals surface area contributed by atoms with Gasteiger partial charge >= 0.3 is 0 Å². The first-order valence-electron chi connectivity index (χ1n) is 7.33. The zero-order valence-corrected chi connectivity index (χ0v) is 14.5. The number of thioether (sulfide) groups is 1. The third-order valence-corrected chi connectivity index (χ3v) is 5.95. The lowest BCUT2D eigenvalue weighted by molar-refractivity contribution is -0.121. The zero-order chi connectivity index (χ0) is 15.4. The van der Waals surface area contributed by atoms with Crippen molar-refractivity contribution in [2.45, 2.75) is 18.9 Å². The number of carbonyl (C=O) groups is 1. The summed E-state index contributed by atoms with van der Waals surface area (Å²) in [6.45, 7) is 1.63. The van der Waals surface area contributed by atoms with Crippen LogP contribution in [-0.4, -0.2) is 41.5 Å². The number of fused-ring (bicyclic) bond motifs is 1. The van der Waals surface area contributed by atoms with Crippen LogP contribution < -0.4 is 10.6 Å². The highest BCUT2D eigenvalue weighted by atomic mass is 35.5. The molecule has 1 unspecified atom stereocenters. The van der Waals surface area contributed by atoms with E-state index in [-0.39, 0.29) is 5.91 Å². The lowest BCUT2D eigenvalue weighted by Gasteiger charge is -2.22. The average Bonchev–Trinajstić information content (AvgIpc) is 2.90. The van der Waals surface area contributed by atoms with Crippen LogP contribution in [0.1, 0.15) is 11.4 Å². The number of hydrogen-bond donors (Lipinski definition) is 2. The van der Waals surface area contributed by atoms with Crippen LogP contribution in [0.2, 0.25) is 5.02 Å². The van der Waals surface area contributed by atoms with Gasteiger partial charge in [0.05, 0.1) is 15.2 Å². The van der Waals surface area contributed by atoms with Crippen molar-refractivity contribution in [3.63, 3.8) is 0 Å². The van der Waals surface area contributed by atoms with Gasteiger partial charge in [-0.1, -0.05) is 11.6 Å². The van der Waals surface area contributed by atoms with Gasteiger partial charge < -0.3 is 10.6 Å². The Kier molecular flexibility index (Phi) is 5.57. The highest BCUT2D eigenvalue weighted by Crippen LogP contribution is 2.25. The molecule has 0 radical (unpaired) electrons. The second-order valence-corrected chi connectivity index (χ2v) is 7.95. The molecule has 22 heavy (non-hydrogen) atoms. The van der Waals surface area contributed by atoms with Gasteiger partial charge in [0.2, 0.25) is 5.91 Å². The van der Waals surface area contributed by atoms with E-state index >= 15 is 0 Å². The average molecular weight is 356 g/mol. The van der Waals surface area contributed by atoms with Crippen molar-refractivity contribution >= 4 is 50.8 Å². The Balaban J connectivity index is 1.46. The molecule has 7 heteroatoms. The zero-order valence-electron chi connectivity index (χ0n) is 12.1. The lowest BCUT2D eigenvalue weighted by Crippen LogP contribution is -2.41. The predicted octanol–water partition coefficient (Wildman–Crippen LogP) is 2.70. The van der Waals surface area contributed by atoms with E-state index < -0.39 is 0 Å². The van der Waals surface area contributed by atoms with Crippen molar-refractivity contribution in [3.8, 4) is 0 Å². The molecule has 0 saturated carbocycles. The summed E-state index contributed by atoms with van der Waals surface area (Å²) in [5.74, 6) is 2.27. The minimum Gasteiger partial charge on any atom is -0.356 e.